The van der Waals surface area contributed by atoms with E-state index in [2.05, 4.69) is 21.4 Å². The molecular weight excluding hydrogens is 275 g/mol. The lowest BCUT2D eigenvalue weighted by Gasteiger charge is -2.42. The van der Waals surface area contributed by atoms with Crippen LogP contribution in [0.25, 0.3) is 0 Å². The van der Waals surface area contributed by atoms with E-state index in [0.29, 0.717) is 0 Å². The number of hydrogen-bond donors (Lipinski definition) is 2. The summed E-state index contributed by atoms with van der Waals surface area (Å²) in [4.78, 5) is 11.8. The fourth-order valence-corrected chi connectivity index (χ4v) is 2.57. The minimum absolute atomic E-state index is 0.201. The van der Waals surface area contributed by atoms with Crippen molar-refractivity contribution in [2.75, 3.05) is 0 Å². The van der Waals surface area contributed by atoms with Crippen molar-refractivity contribution in [1.82, 2.24) is 5.43 Å². The Morgan fingerprint density at radius 1 is 1.56 bits per heavy atom. The van der Waals surface area contributed by atoms with Crippen molar-refractivity contribution in [3.63, 3.8) is 0 Å². The molecule has 0 aliphatic heterocycles. The van der Waals surface area contributed by atoms with Gasteiger partial charge in [0.1, 0.15) is 6.17 Å². The van der Waals surface area contributed by atoms with Crippen molar-refractivity contribution < 1.29 is 9.18 Å². The minimum Gasteiger partial charge on any atom is -0.293 e. The van der Waals surface area contributed by atoms with Crippen LogP contribution in [-0.2, 0) is 10.2 Å². The number of carbonyl (C=O) groups is 1. The first-order valence-electron chi connectivity index (χ1n) is 4.99. The number of alkyl halides is 1. The zero-order valence-corrected chi connectivity index (χ0v) is 10.1. The molecule has 86 valence electrons. The molecular formula is C11H12BrFN2O. The van der Waals surface area contributed by atoms with E-state index < -0.39 is 11.6 Å². The lowest BCUT2D eigenvalue weighted by Crippen LogP contribution is -2.55. The number of nitrogens with one attached hydrogen (secondary N) is 1. The average Bonchev–Trinajstić information content (AvgIpc) is 2.23. The molecule has 3 N–H and O–H groups in total. The van der Waals surface area contributed by atoms with E-state index in [1.807, 2.05) is 24.3 Å². The zero-order chi connectivity index (χ0) is 11.8. The highest BCUT2D eigenvalue weighted by Gasteiger charge is 2.51. The molecule has 0 radical (unpaired) electrons. The number of nitrogens with two attached hydrogens (primary N) is 1. The van der Waals surface area contributed by atoms with Gasteiger partial charge in [0.25, 0.3) is 0 Å². The first kappa shape index (κ1) is 11.5. The number of amides is 1. The van der Waals surface area contributed by atoms with Crippen molar-refractivity contribution in [3.8, 4) is 0 Å². The number of hydrogen-bond acceptors (Lipinski definition) is 2. The summed E-state index contributed by atoms with van der Waals surface area (Å²) in [6, 6.07) is 7.35. The topological polar surface area (TPSA) is 55.1 Å². The molecule has 1 aromatic carbocycles. The molecule has 1 aliphatic carbocycles. The van der Waals surface area contributed by atoms with Crippen LogP contribution < -0.4 is 11.3 Å². The normalized spacial score (nSPS) is 28.3. The largest absolute Gasteiger partial charge is 0.293 e. The Labute approximate surface area is 101 Å². The predicted molar refractivity (Wildman–Crippen MR) is 62.3 cm³/mol. The first-order chi connectivity index (χ1) is 7.58. The van der Waals surface area contributed by atoms with Crippen molar-refractivity contribution in [3.05, 3.63) is 34.3 Å². The van der Waals surface area contributed by atoms with Gasteiger partial charge in [-0.2, -0.15) is 0 Å². The van der Waals surface area contributed by atoms with Gasteiger partial charge in [0.15, 0.2) is 0 Å². The van der Waals surface area contributed by atoms with Crippen LogP contribution in [0, 0.1) is 0 Å². The van der Waals surface area contributed by atoms with Gasteiger partial charge in [-0.1, -0.05) is 28.1 Å². The molecule has 0 saturated heterocycles. The Hall–Kier alpha value is -0.940. The molecule has 1 aromatic rings. The van der Waals surface area contributed by atoms with Crippen molar-refractivity contribution in [2.45, 2.75) is 24.4 Å². The van der Waals surface area contributed by atoms with Crippen LogP contribution >= 0.6 is 15.9 Å². The maximum atomic E-state index is 13.1. The van der Waals surface area contributed by atoms with E-state index in [0.717, 1.165) is 10.0 Å². The standard InChI is InChI=1S/C11H12BrFN2O/c12-8-3-1-2-7(4-8)11(10(16)15-14)5-9(13)6-11/h1-4,9H,5-6,14H2,(H,15,16)/t9-,11+. The van der Waals surface area contributed by atoms with Gasteiger partial charge in [0.2, 0.25) is 5.91 Å². The first-order valence-corrected chi connectivity index (χ1v) is 5.79. The van der Waals surface area contributed by atoms with Gasteiger partial charge in [-0.15, -0.1) is 0 Å². The second-order valence-corrected chi connectivity index (χ2v) is 4.99. The molecule has 1 saturated carbocycles. The number of hydrazine groups is 1. The molecule has 1 fully saturated rings. The third-order valence-electron chi connectivity index (χ3n) is 3.08. The molecule has 0 heterocycles. The average molecular weight is 287 g/mol. The van der Waals surface area contributed by atoms with E-state index in [9.17, 15) is 9.18 Å². The third kappa shape index (κ3) is 1.74. The van der Waals surface area contributed by atoms with E-state index in [1.165, 1.54) is 0 Å². The van der Waals surface area contributed by atoms with Gasteiger partial charge in [-0.05, 0) is 30.5 Å². The Bertz CT molecular complexity index is 418. The summed E-state index contributed by atoms with van der Waals surface area (Å²) in [5.41, 5.74) is 2.14. The highest BCUT2D eigenvalue weighted by Crippen LogP contribution is 2.46. The molecule has 5 heteroatoms. The van der Waals surface area contributed by atoms with Crippen LogP contribution in [0.3, 0.4) is 0 Å². The summed E-state index contributed by atoms with van der Waals surface area (Å²) in [5, 5.41) is 0. The molecule has 0 bridgehead atoms. The van der Waals surface area contributed by atoms with Gasteiger partial charge in [-0.25, -0.2) is 10.2 Å². The lowest BCUT2D eigenvalue weighted by molar-refractivity contribution is -0.132. The molecule has 2 rings (SSSR count). The Morgan fingerprint density at radius 2 is 2.25 bits per heavy atom. The van der Waals surface area contributed by atoms with E-state index in [4.69, 9.17) is 5.84 Å². The summed E-state index contributed by atoms with van der Waals surface area (Å²) in [6.07, 6.45) is -0.518. The second kappa shape index (κ2) is 4.14. The summed E-state index contributed by atoms with van der Waals surface area (Å²) < 4.78 is 13.9. The molecule has 1 aliphatic rings. The Morgan fingerprint density at radius 3 is 2.75 bits per heavy atom. The highest BCUT2D eigenvalue weighted by atomic mass is 79.9. The highest BCUT2D eigenvalue weighted by molar-refractivity contribution is 9.10. The van der Waals surface area contributed by atoms with E-state index in [-0.39, 0.29) is 18.7 Å². The van der Waals surface area contributed by atoms with Gasteiger partial charge in [0, 0.05) is 4.47 Å². The van der Waals surface area contributed by atoms with Crippen molar-refractivity contribution in [1.29, 1.82) is 0 Å². The van der Waals surface area contributed by atoms with Crippen LogP contribution in [0.2, 0.25) is 0 Å². The van der Waals surface area contributed by atoms with Crippen LogP contribution in [0.5, 0.6) is 0 Å². The fourth-order valence-electron chi connectivity index (χ4n) is 2.17. The van der Waals surface area contributed by atoms with Gasteiger partial charge in [-0.3, -0.25) is 10.2 Å². The quantitative estimate of drug-likeness (QED) is 0.495. The number of benzene rings is 1. The van der Waals surface area contributed by atoms with E-state index in [1.54, 1.807) is 0 Å². The van der Waals surface area contributed by atoms with Gasteiger partial charge in [0.05, 0.1) is 5.41 Å². The van der Waals surface area contributed by atoms with Crippen LogP contribution in [0.1, 0.15) is 18.4 Å². The minimum atomic E-state index is -0.920. The monoisotopic (exact) mass is 286 g/mol. The van der Waals surface area contributed by atoms with Crippen molar-refractivity contribution in [2.24, 2.45) is 5.84 Å². The van der Waals surface area contributed by atoms with Gasteiger partial charge >= 0.3 is 0 Å². The fraction of sp³-hybridized carbons (Fsp3) is 0.364. The Kier molecular flexibility index (Phi) is 2.99. The Balaban J connectivity index is 2.37. The molecule has 3 nitrogen and oxygen atoms in total. The van der Waals surface area contributed by atoms with Crippen LogP contribution in [0.15, 0.2) is 28.7 Å². The molecule has 16 heavy (non-hydrogen) atoms. The lowest BCUT2D eigenvalue weighted by atomic mass is 9.63. The zero-order valence-electron chi connectivity index (χ0n) is 8.54. The van der Waals surface area contributed by atoms with Crippen LogP contribution in [-0.4, -0.2) is 12.1 Å². The third-order valence-corrected chi connectivity index (χ3v) is 3.58. The molecule has 1 amide bonds. The smallest absolute Gasteiger partial charge is 0.244 e. The molecule has 0 atom stereocenters. The van der Waals surface area contributed by atoms with Crippen LogP contribution in [0.4, 0.5) is 4.39 Å². The van der Waals surface area contributed by atoms with E-state index >= 15 is 0 Å². The number of halogens is 2. The summed E-state index contributed by atoms with van der Waals surface area (Å²) in [7, 11) is 0. The molecule has 0 aromatic heterocycles. The van der Waals surface area contributed by atoms with Crippen molar-refractivity contribution >= 4 is 21.8 Å². The van der Waals surface area contributed by atoms with Gasteiger partial charge < -0.3 is 0 Å². The molecule has 0 spiro atoms. The number of carbonyl (C=O) groups excluding carboxylic acids is 1. The predicted octanol–water partition coefficient (Wildman–Crippen LogP) is 1.81. The summed E-state index contributed by atoms with van der Waals surface area (Å²) in [5.74, 6) is 4.83. The molecule has 0 unspecified atom stereocenters. The maximum Gasteiger partial charge on any atom is 0.244 e. The SMILES string of the molecule is NNC(=O)[C@]1(c2cccc(Br)c2)C[C@H](F)C1. The number of rotatable bonds is 2. The second-order valence-electron chi connectivity index (χ2n) is 4.07. The summed E-state index contributed by atoms with van der Waals surface area (Å²) >= 11 is 3.34. The summed E-state index contributed by atoms with van der Waals surface area (Å²) in [6.45, 7) is 0. The maximum absolute atomic E-state index is 13.1.